The Morgan fingerprint density at radius 3 is 2.69 bits per heavy atom. The molecule has 1 aliphatic rings. The number of hydrogen-bond acceptors (Lipinski definition) is 3. The highest BCUT2D eigenvalue weighted by Crippen LogP contribution is 2.11. The zero-order chi connectivity index (χ0) is 11.8. The van der Waals surface area contributed by atoms with Crippen molar-refractivity contribution < 1.29 is 13.9 Å². The summed E-state index contributed by atoms with van der Waals surface area (Å²) < 4.78 is 18.1. The quantitative estimate of drug-likeness (QED) is 0.677. The molecule has 0 aromatic heterocycles. The molecule has 1 saturated heterocycles. The van der Waals surface area contributed by atoms with E-state index in [1.54, 1.807) is 6.92 Å². The normalized spacial score (nSPS) is 18.5. The second-order valence-electron chi connectivity index (χ2n) is 4.00. The predicted molar refractivity (Wildman–Crippen MR) is 60.7 cm³/mol. The first-order valence-corrected chi connectivity index (χ1v) is 5.95. The maximum atomic E-state index is 13.4. The van der Waals surface area contributed by atoms with E-state index in [2.05, 4.69) is 4.90 Å². The summed E-state index contributed by atoms with van der Waals surface area (Å²) in [5.41, 5.74) is 0. The third kappa shape index (κ3) is 5.26. The Balaban J connectivity index is 2.24. The Labute approximate surface area is 96.3 Å². The number of piperidine rings is 1. The molecule has 0 aromatic rings. The summed E-state index contributed by atoms with van der Waals surface area (Å²) in [4.78, 5) is 13.1. The van der Waals surface area contributed by atoms with E-state index in [-0.39, 0.29) is 18.2 Å². The van der Waals surface area contributed by atoms with Gasteiger partial charge in [0.2, 0.25) is 0 Å². The maximum Gasteiger partial charge on any atom is 0.309 e. The molecule has 0 radical (unpaired) electrons. The molecule has 0 atom stereocenters. The van der Waals surface area contributed by atoms with Gasteiger partial charge in [0, 0.05) is 6.54 Å². The van der Waals surface area contributed by atoms with Gasteiger partial charge in [-0.1, -0.05) is 6.42 Å². The topological polar surface area (TPSA) is 29.5 Å². The molecule has 16 heavy (non-hydrogen) atoms. The first kappa shape index (κ1) is 13.2. The molecule has 0 aromatic carbocycles. The van der Waals surface area contributed by atoms with E-state index in [9.17, 15) is 9.18 Å². The third-order valence-electron chi connectivity index (χ3n) is 2.62. The molecule has 0 unspecified atom stereocenters. The molecule has 0 spiro atoms. The number of esters is 1. The van der Waals surface area contributed by atoms with Crippen LogP contribution in [-0.2, 0) is 9.53 Å². The van der Waals surface area contributed by atoms with Gasteiger partial charge in [0.25, 0.3) is 0 Å². The number of carbonyl (C=O) groups excluding carboxylic acids is 1. The first-order valence-electron chi connectivity index (χ1n) is 5.95. The Kier molecular flexibility index (Phi) is 6.08. The van der Waals surface area contributed by atoms with E-state index in [1.165, 1.54) is 12.5 Å². The summed E-state index contributed by atoms with van der Waals surface area (Å²) in [6.45, 7) is 4.34. The van der Waals surface area contributed by atoms with Gasteiger partial charge in [0.15, 0.2) is 0 Å². The minimum atomic E-state index is -0.365. The van der Waals surface area contributed by atoms with Crippen LogP contribution in [0.25, 0.3) is 0 Å². The zero-order valence-corrected chi connectivity index (χ0v) is 9.88. The van der Waals surface area contributed by atoms with Crippen molar-refractivity contribution in [3.05, 3.63) is 11.9 Å². The fourth-order valence-corrected chi connectivity index (χ4v) is 1.81. The molecule has 0 N–H and O–H groups in total. The minimum absolute atomic E-state index is 0.0352. The molecule has 1 rings (SSSR count). The Bertz CT molecular complexity index is 247. The molecule has 0 saturated carbocycles. The van der Waals surface area contributed by atoms with Gasteiger partial charge < -0.3 is 4.74 Å². The van der Waals surface area contributed by atoms with Gasteiger partial charge in [0.1, 0.15) is 5.83 Å². The maximum absolute atomic E-state index is 13.4. The van der Waals surface area contributed by atoms with Crippen LogP contribution in [0.2, 0.25) is 0 Å². The average Bonchev–Trinajstić information content (AvgIpc) is 2.28. The zero-order valence-electron chi connectivity index (χ0n) is 9.88. The second kappa shape index (κ2) is 7.39. The largest absolute Gasteiger partial charge is 0.466 e. The van der Waals surface area contributed by atoms with Crippen LogP contribution in [0.1, 0.15) is 32.6 Å². The standard InChI is InChI=1S/C12H20FNO2/c1-2-16-12(15)7-6-11(13)10-14-8-4-3-5-9-14/h6H,2-5,7-10H2,1H3/b11-6-. The lowest BCUT2D eigenvalue weighted by Crippen LogP contribution is -2.30. The summed E-state index contributed by atoms with van der Waals surface area (Å²) >= 11 is 0. The van der Waals surface area contributed by atoms with Crippen LogP contribution >= 0.6 is 0 Å². The minimum Gasteiger partial charge on any atom is -0.466 e. The van der Waals surface area contributed by atoms with E-state index in [4.69, 9.17) is 4.74 Å². The highest BCUT2D eigenvalue weighted by molar-refractivity contribution is 5.71. The van der Waals surface area contributed by atoms with Gasteiger partial charge in [-0.2, -0.15) is 0 Å². The highest BCUT2D eigenvalue weighted by Gasteiger charge is 2.11. The fraction of sp³-hybridized carbons (Fsp3) is 0.750. The van der Waals surface area contributed by atoms with Crippen LogP contribution in [0.4, 0.5) is 4.39 Å². The van der Waals surface area contributed by atoms with Crippen molar-refractivity contribution in [2.75, 3.05) is 26.2 Å². The van der Waals surface area contributed by atoms with Crippen LogP contribution < -0.4 is 0 Å². The Morgan fingerprint density at radius 2 is 2.06 bits per heavy atom. The van der Waals surface area contributed by atoms with Crippen LogP contribution in [0.3, 0.4) is 0 Å². The predicted octanol–water partition coefficient (Wildman–Crippen LogP) is 2.28. The number of rotatable bonds is 5. The molecule has 3 nitrogen and oxygen atoms in total. The molecular weight excluding hydrogens is 209 g/mol. The number of nitrogens with zero attached hydrogens (tertiary/aromatic N) is 1. The molecule has 1 heterocycles. The number of hydrogen-bond donors (Lipinski definition) is 0. The van der Waals surface area contributed by atoms with Crippen molar-refractivity contribution >= 4 is 5.97 Å². The number of likely N-dealkylation sites (tertiary alicyclic amines) is 1. The molecule has 1 fully saturated rings. The number of ether oxygens (including phenoxy) is 1. The smallest absolute Gasteiger partial charge is 0.309 e. The van der Waals surface area contributed by atoms with Gasteiger partial charge in [-0.15, -0.1) is 0 Å². The third-order valence-corrected chi connectivity index (χ3v) is 2.62. The van der Waals surface area contributed by atoms with Crippen molar-refractivity contribution in [2.24, 2.45) is 0 Å². The van der Waals surface area contributed by atoms with Gasteiger partial charge in [0.05, 0.1) is 13.0 Å². The Morgan fingerprint density at radius 1 is 1.38 bits per heavy atom. The van der Waals surface area contributed by atoms with Gasteiger partial charge >= 0.3 is 5.97 Å². The molecule has 92 valence electrons. The lowest BCUT2D eigenvalue weighted by atomic mass is 10.1. The molecule has 1 aliphatic heterocycles. The second-order valence-corrected chi connectivity index (χ2v) is 4.00. The van der Waals surface area contributed by atoms with Crippen molar-refractivity contribution in [3.63, 3.8) is 0 Å². The van der Waals surface area contributed by atoms with E-state index in [1.807, 2.05) is 0 Å². The summed E-state index contributed by atoms with van der Waals surface area (Å²) in [6, 6.07) is 0. The van der Waals surface area contributed by atoms with Crippen LogP contribution in [0, 0.1) is 0 Å². The van der Waals surface area contributed by atoms with Crippen molar-refractivity contribution in [2.45, 2.75) is 32.6 Å². The molecular formula is C12H20FNO2. The molecule has 0 aliphatic carbocycles. The van der Waals surface area contributed by atoms with Crippen molar-refractivity contribution in [3.8, 4) is 0 Å². The van der Waals surface area contributed by atoms with Crippen LogP contribution in [0.5, 0.6) is 0 Å². The summed E-state index contributed by atoms with van der Waals surface area (Å²) in [6.07, 6.45) is 4.89. The lowest BCUT2D eigenvalue weighted by Gasteiger charge is -2.25. The highest BCUT2D eigenvalue weighted by atomic mass is 19.1. The van der Waals surface area contributed by atoms with Crippen LogP contribution in [-0.4, -0.2) is 37.1 Å². The van der Waals surface area contributed by atoms with Gasteiger partial charge in [-0.05, 0) is 38.9 Å². The fourth-order valence-electron chi connectivity index (χ4n) is 1.81. The number of carbonyl (C=O) groups is 1. The van der Waals surface area contributed by atoms with E-state index < -0.39 is 0 Å². The first-order chi connectivity index (χ1) is 7.72. The Hall–Kier alpha value is -0.900. The molecule has 0 amide bonds. The SMILES string of the molecule is CCOC(=O)C/C=C(\F)CN1CCCCC1. The van der Waals surface area contributed by atoms with Crippen LogP contribution in [0.15, 0.2) is 11.9 Å². The van der Waals surface area contributed by atoms with Crippen molar-refractivity contribution in [1.82, 2.24) is 4.90 Å². The van der Waals surface area contributed by atoms with Crippen molar-refractivity contribution in [1.29, 1.82) is 0 Å². The lowest BCUT2D eigenvalue weighted by molar-refractivity contribution is -0.142. The van der Waals surface area contributed by atoms with Gasteiger partial charge in [-0.25, -0.2) is 4.39 Å². The van der Waals surface area contributed by atoms with E-state index >= 15 is 0 Å². The molecule has 4 heteroatoms. The summed E-state index contributed by atoms with van der Waals surface area (Å²) in [5.74, 6) is -0.591. The summed E-state index contributed by atoms with van der Waals surface area (Å²) in [5, 5.41) is 0. The van der Waals surface area contributed by atoms with Gasteiger partial charge in [-0.3, -0.25) is 9.69 Å². The average molecular weight is 229 g/mol. The number of halogens is 1. The molecule has 0 bridgehead atoms. The monoisotopic (exact) mass is 229 g/mol. The van der Waals surface area contributed by atoms with E-state index in [0.29, 0.717) is 13.2 Å². The van der Waals surface area contributed by atoms with E-state index in [0.717, 1.165) is 25.9 Å². The summed E-state index contributed by atoms with van der Waals surface area (Å²) in [7, 11) is 0.